The number of halogens is 2. The van der Waals surface area contributed by atoms with Crippen molar-refractivity contribution in [3.8, 4) is 0 Å². The summed E-state index contributed by atoms with van der Waals surface area (Å²) in [5, 5.41) is 7.44. The van der Waals surface area contributed by atoms with Gasteiger partial charge in [0.2, 0.25) is 0 Å². The van der Waals surface area contributed by atoms with E-state index in [1.54, 1.807) is 6.07 Å². The maximum Gasteiger partial charge on any atom is 0.269 e. The molecule has 126 valence electrons. The van der Waals surface area contributed by atoms with Gasteiger partial charge in [0, 0.05) is 11.9 Å². The molecule has 1 saturated heterocycles. The van der Waals surface area contributed by atoms with Crippen molar-refractivity contribution < 1.29 is 4.79 Å². The molecule has 1 fully saturated rings. The molecule has 1 aliphatic rings. The first-order valence-electron chi connectivity index (χ1n) is 7.67. The molecule has 0 spiro atoms. The van der Waals surface area contributed by atoms with Gasteiger partial charge < -0.3 is 10.6 Å². The first kappa shape index (κ1) is 19.7. The second-order valence-electron chi connectivity index (χ2n) is 5.65. The number of benzene rings is 1. The average Bonchev–Trinajstić information content (AvgIpc) is 2.55. The molecule has 1 amide bonds. The number of carbonyl (C=O) groups is 1. The van der Waals surface area contributed by atoms with Crippen LogP contribution in [0.1, 0.15) is 29.8 Å². The fourth-order valence-electron chi connectivity index (χ4n) is 2.84. The summed E-state index contributed by atoms with van der Waals surface area (Å²) in [5.74, 6) is 0.605. The number of carbonyl (C=O) groups excluding carboxylic acids is 1. The van der Waals surface area contributed by atoms with Crippen molar-refractivity contribution in [3.05, 3.63) is 42.1 Å². The minimum atomic E-state index is -0.0791. The average molecular weight is 356 g/mol. The molecule has 0 aliphatic carbocycles. The second kappa shape index (κ2) is 9.71. The van der Waals surface area contributed by atoms with Gasteiger partial charge in [-0.3, -0.25) is 4.79 Å². The molecule has 23 heavy (non-hydrogen) atoms. The number of amides is 1. The van der Waals surface area contributed by atoms with Crippen LogP contribution in [0.15, 0.2) is 36.4 Å². The number of para-hydroxylation sites is 1. The van der Waals surface area contributed by atoms with Gasteiger partial charge >= 0.3 is 0 Å². The molecule has 1 unspecified atom stereocenters. The van der Waals surface area contributed by atoms with E-state index in [0.29, 0.717) is 11.6 Å². The molecule has 1 aromatic carbocycles. The van der Waals surface area contributed by atoms with E-state index in [2.05, 4.69) is 15.6 Å². The molecule has 2 aromatic rings. The molecule has 3 rings (SSSR count). The fraction of sp³-hybridized carbons (Fsp3) is 0.412. The summed E-state index contributed by atoms with van der Waals surface area (Å²) in [4.78, 5) is 16.6. The maximum absolute atomic E-state index is 12.1. The Morgan fingerprint density at radius 3 is 2.83 bits per heavy atom. The van der Waals surface area contributed by atoms with Crippen molar-refractivity contribution in [2.45, 2.75) is 19.3 Å². The summed E-state index contributed by atoms with van der Waals surface area (Å²) in [6.07, 6.45) is 3.54. The minimum Gasteiger partial charge on any atom is -0.351 e. The molecule has 1 aromatic heterocycles. The van der Waals surface area contributed by atoms with E-state index in [0.717, 1.165) is 37.0 Å². The van der Waals surface area contributed by atoms with Gasteiger partial charge in [-0.1, -0.05) is 24.3 Å². The zero-order chi connectivity index (χ0) is 14.5. The highest BCUT2D eigenvalue weighted by molar-refractivity contribution is 5.94. The highest BCUT2D eigenvalue weighted by Gasteiger charge is 2.13. The lowest BCUT2D eigenvalue weighted by molar-refractivity contribution is 0.0946. The van der Waals surface area contributed by atoms with Crippen LogP contribution in [-0.4, -0.2) is 30.5 Å². The van der Waals surface area contributed by atoms with E-state index in [1.165, 1.54) is 12.8 Å². The Bertz CT molecular complexity index is 630. The third-order valence-corrected chi connectivity index (χ3v) is 4.07. The van der Waals surface area contributed by atoms with Crippen LogP contribution < -0.4 is 10.6 Å². The Balaban J connectivity index is 0.00000132. The number of nitrogens with one attached hydrogen (secondary N) is 2. The van der Waals surface area contributed by atoms with Crippen LogP contribution in [0.5, 0.6) is 0 Å². The van der Waals surface area contributed by atoms with Crippen molar-refractivity contribution in [1.82, 2.24) is 15.6 Å². The fourth-order valence-corrected chi connectivity index (χ4v) is 2.84. The Morgan fingerprint density at radius 2 is 2.04 bits per heavy atom. The summed E-state index contributed by atoms with van der Waals surface area (Å²) in [5.41, 5.74) is 1.36. The summed E-state index contributed by atoms with van der Waals surface area (Å²) in [6, 6.07) is 11.6. The SMILES string of the molecule is Cl.Cl.O=C(NCCC1CCCNC1)c1ccc2ccccc2n1. The number of hydrogen-bond acceptors (Lipinski definition) is 3. The summed E-state index contributed by atoms with van der Waals surface area (Å²) >= 11 is 0. The van der Waals surface area contributed by atoms with Crippen LogP contribution in [0.25, 0.3) is 10.9 Å². The highest BCUT2D eigenvalue weighted by atomic mass is 35.5. The number of hydrogen-bond donors (Lipinski definition) is 2. The quantitative estimate of drug-likeness (QED) is 0.885. The summed E-state index contributed by atoms with van der Waals surface area (Å²) < 4.78 is 0. The van der Waals surface area contributed by atoms with E-state index in [4.69, 9.17) is 0 Å². The van der Waals surface area contributed by atoms with Crippen molar-refractivity contribution in [2.75, 3.05) is 19.6 Å². The van der Waals surface area contributed by atoms with Crippen LogP contribution in [0.4, 0.5) is 0 Å². The number of aromatic nitrogens is 1. The van der Waals surface area contributed by atoms with E-state index in [-0.39, 0.29) is 30.7 Å². The Labute approximate surface area is 149 Å². The standard InChI is InChI=1S/C17H21N3O.2ClH/c21-17(19-11-9-13-4-3-10-18-12-13)16-8-7-14-5-1-2-6-15(14)20-16;;/h1-2,5-8,13,18H,3-4,9-12H2,(H,19,21);2*1H. The van der Waals surface area contributed by atoms with E-state index < -0.39 is 0 Å². The molecule has 6 heteroatoms. The summed E-state index contributed by atoms with van der Waals surface area (Å²) in [7, 11) is 0. The highest BCUT2D eigenvalue weighted by Crippen LogP contribution is 2.14. The molecule has 2 heterocycles. The molecule has 1 aliphatic heterocycles. The van der Waals surface area contributed by atoms with Crippen LogP contribution in [-0.2, 0) is 0 Å². The van der Waals surface area contributed by atoms with Gasteiger partial charge in [-0.25, -0.2) is 4.98 Å². The lowest BCUT2D eigenvalue weighted by atomic mass is 9.96. The molecular formula is C17H23Cl2N3O. The lowest BCUT2D eigenvalue weighted by Gasteiger charge is -2.22. The van der Waals surface area contributed by atoms with Crippen LogP contribution >= 0.6 is 24.8 Å². The van der Waals surface area contributed by atoms with Gasteiger partial charge in [-0.15, -0.1) is 24.8 Å². The zero-order valence-electron chi connectivity index (χ0n) is 13.0. The van der Waals surface area contributed by atoms with Gasteiger partial charge in [0.15, 0.2) is 0 Å². The first-order chi connectivity index (χ1) is 10.3. The Kier molecular flexibility index (Phi) is 8.31. The Morgan fingerprint density at radius 1 is 1.22 bits per heavy atom. The Hall–Kier alpha value is -1.36. The smallest absolute Gasteiger partial charge is 0.269 e. The number of fused-ring (bicyclic) bond motifs is 1. The van der Waals surface area contributed by atoms with Gasteiger partial charge in [0.05, 0.1) is 5.52 Å². The van der Waals surface area contributed by atoms with Crippen molar-refractivity contribution in [1.29, 1.82) is 0 Å². The number of piperidine rings is 1. The predicted octanol–water partition coefficient (Wildman–Crippen LogP) is 3.20. The molecule has 0 bridgehead atoms. The molecule has 1 atom stereocenters. The third kappa shape index (κ3) is 5.34. The van der Waals surface area contributed by atoms with Crippen molar-refractivity contribution in [2.24, 2.45) is 5.92 Å². The normalized spacial score (nSPS) is 17.0. The molecule has 4 nitrogen and oxygen atoms in total. The van der Waals surface area contributed by atoms with Crippen molar-refractivity contribution >= 4 is 41.6 Å². The third-order valence-electron chi connectivity index (χ3n) is 4.07. The van der Waals surface area contributed by atoms with Gasteiger partial charge in [0.1, 0.15) is 5.69 Å². The van der Waals surface area contributed by atoms with E-state index >= 15 is 0 Å². The predicted molar refractivity (Wildman–Crippen MR) is 98.8 cm³/mol. The van der Waals surface area contributed by atoms with Crippen LogP contribution in [0.3, 0.4) is 0 Å². The molecular weight excluding hydrogens is 333 g/mol. The summed E-state index contributed by atoms with van der Waals surface area (Å²) in [6.45, 7) is 2.92. The van der Waals surface area contributed by atoms with E-state index in [9.17, 15) is 4.79 Å². The molecule has 0 radical (unpaired) electrons. The maximum atomic E-state index is 12.1. The number of nitrogens with zero attached hydrogens (tertiary/aromatic N) is 1. The van der Waals surface area contributed by atoms with Crippen LogP contribution in [0.2, 0.25) is 0 Å². The lowest BCUT2D eigenvalue weighted by Crippen LogP contribution is -2.33. The van der Waals surface area contributed by atoms with Gasteiger partial charge in [0.25, 0.3) is 5.91 Å². The first-order valence-corrected chi connectivity index (χ1v) is 7.67. The largest absolute Gasteiger partial charge is 0.351 e. The zero-order valence-corrected chi connectivity index (χ0v) is 14.6. The topological polar surface area (TPSA) is 54.0 Å². The van der Waals surface area contributed by atoms with Gasteiger partial charge in [-0.2, -0.15) is 0 Å². The van der Waals surface area contributed by atoms with Crippen LogP contribution in [0, 0.1) is 5.92 Å². The van der Waals surface area contributed by atoms with Gasteiger partial charge in [-0.05, 0) is 50.4 Å². The number of pyridine rings is 1. The molecule has 0 saturated carbocycles. The monoisotopic (exact) mass is 355 g/mol. The van der Waals surface area contributed by atoms with Crippen molar-refractivity contribution in [3.63, 3.8) is 0 Å². The minimum absolute atomic E-state index is 0. The second-order valence-corrected chi connectivity index (χ2v) is 5.65. The number of rotatable bonds is 4. The van der Waals surface area contributed by atoms with E-state index in [1.807, 2.05) is 30.3 Å². The molecule has 2 N–H and O–H groups in total.